The van der Waals surface area contributed by atoms with E-state index in [4.69, 9.17) is 0 Å². The van der Waals surface area contributed by atoms with Gasteiger partial charge in [-0.05, 0) is 25.1 Å². The Labute approximate surface area is 90.6 Å². The molecule has 82 valence electrons. The monoisotopic (exact) mass is 223 g/mol. The zero-order valence-electron chi connectivity index (χ0n) is 8.47. The van der Waals surface area contributed by atoms with Crippen molar-refractivity contribution < 1.29 is 13.2 Å². The fourth-order valence-electron chi connectivity index (χ4n) is 1.43. The van der Waals surface area contributed by atoms with Gasteiger partial charge in [0.15, 0.2) is 0 Å². The van der Waals surface area contributed by atoms with Gasteiger partial charge in [0.25, 0.3) is 0 Å². The summed E-state index contributed by atoms with van der Waals surface area (Å²) in [6.07, 6.45) is 1.22. The second-order valence-corrected chi connectivity index (χ2v) is 3.46. The highest BCUT2D eigenvalue weighted by Crippen LogP contribution is 2.23. The van der Waals surface area contributed by atoms with Crippen LogP contribution in [0.1, 0.15) is 5.56 Å². The van der Waals surface area contributed by atoms with Crippen LogP contribution in [0.2, 0.25) is 0 Å². The second kappa shape index (κ2) is 3.96. The Morgan fingerprint density at radius 3 is 2.44 bits per heavy atom. The average Bonchev–Trinajstić information content (AvgIpc) is 2.22. The Hall–Kier alpha value is -1.84. The Kier molecular flexibility index (Phi) is 2.64. The van der Waals surface area contributed by atoms with Crippen LogP contribution >= 0.6 is 0 Å². The van der Waals surface area contributed by atoms with Crippen LogP contribution in [0.3, 0.4) is 0 Å². The number of hydrogen-bond donors (Lipinski definition) is 0. The van der Waals surface area contributed by atoms with Gasteiger partial charge in [-0.3, -0.25) is 0 Å². The van der Waals surface area contributed by atoms with Crippen LogP contribution in [0.25, 0.3) is 11.1 Å². The van der Waals surface area contributed by atoms with E-state index >= 15 is 0 Å². The van der Waals surface area contributed by atoms with Crippen molar-refractivity contribution in [1.29, 1.82) is 0 Å². The molecular formula is C12H8F3N. The average molecular weight is 223 g/mol. The van der Waals surface area contributed by atoms with E-state index in [2.05, 4.69) is 4.98 Å². The molecule has 2 rings (SSSR count). The predicted molar refractivity (Wildman–Crippen MR) is 54.3 cm³/mol. The highest BCUT2D eigenvalue weighted by Gasteiger charge is 2.08. The minimum absolute atomic E-state index is 0.206. The molecule has 0 fully saturated rings. The minimum atomic E-state index is -0.687. The summed E-state index contributed by atoms with van der Waals surface area (Å²) in [5.41, 5.74) is 0.953. The van der Waals surface area contributed by atoms with Crippen molar-refractivity contribution in [3.8, 4) is 11.1 Å². The van der Waals surface area contributed by atoms with Gasteiger partial charge in [0.1, 0.15) is 11.6 Å². The first kappa shape index (κ1) is 10.7. The number of halogens is 3. The SMILES string of the molecule is Cc1cc(-c2ccc(F)cc2F)cnc1F. The summed E-state index contributed by atoms with van der Waals surface area (Å²) in [5.74, 6) is -1.92. The van der Waals surface area contributed by atoms with Crippen molar-refractivity contribution in [2.45, 2.75) is 6.92 Å². The fourth-order valence-corrected chi connectivity index (χ4v) is 1.43. The van der Waals surface area contributed by atoms with Crippen molar-refractivity contribution >= 4 is 0 Å². The second-order valence-electron chi connectivity index (χ2n) is 3.46. The van der Waals surface area contributed by atoms with Crippen molar-refractivity contribution in [1.82, 2.24) is 4.98 Å². The highest BCUT2D eigenvalue weighted by atomic mass is 19.1. The van der Waals surface area contributed by atoms with Gasteiger partial charge in [-0.1, -0.05) is 0 Å². The Morgan fingerprint density at radius 1 is 1.06 bits per heavy atom. The smallest absolute Gasteiger partial charge is 0.215 e. The summed E-state index contributed by atoms with van der Waals surface area (Å²) in [7, 11) is 0. The lowest BCUT2D eigenvalue weighted by Crippen LogP contribution is -1.92. The Morgan fingerprint density at radius 2 is 1.81 bits per heavy atom. The molecule has 0 aliphatic carbocycles. The van der Waals surface area contributed by atoms with E-state index in [1.54, 1.807) is 0 Å². The standard InChI is InChI=1S/C12H8F3N/c1-7-4-8(6-16-12(7)15)10-3-2-9(13)5-11(10)14/h2-6H,1H3. The zero-order valence-corrected chi connectivity index (χ0v) is 8.47. The lowest BCUT2D eigenvalue weighted by Gasteiger charge is -2.04. The summed E-state index contributed by atoms with van der Waals surface area (Å²) in [5, 5.41) is 0. The first-order valence-electron chi connectivity index (χ1n) is 4.65. The predicted octanol–water partition coefficient (Wildman–Crippen LogP) is 3.47. The van der Waals surface area contributed by atoms with Crippen LogP contribution in [0, 0.1) is 24.5 Å². The number of aryl methyl sites for hydroxylation is 1. The molecule has 0 aliphatic heterocycles. The summed E-state index contributed by atoms with van der Waals surface area (Å²) in [6.45, 7) is 1.53. The maximum atomic E-state index is 13.4. The van der Waals surface area contributed by atoms with E-state index in [1.807, 2.05) is 0 Å². The van der Waals surface area contributed by atoms with Crippen LogP contribution < -0.4 is 0 Å². The molecule has 0 aliphatic rings. The van der Waals surface area contributed by atoms with Gasteiger partial charge < -0.3 is 0 Å². The Bertz CT molecular complexity index is 538. The molecule has 0 bridgehead atoms. The van der Waals surface area contributed by atoms with E-state index < -0.39 is 17.6 Å². The Balaban J connectivity index is 2.54. The number of hydrogen-bond acceptors (Lipinski definition) is 1. The van der Waals surface area contributed by atoms with Gasteiger partial charge in [-0.2, -0.15) is 4.39 Å². The molecule has 0 saturated carbocycles. The van der Waals surface area contributed by atoms with Crippen LogP contribution in [-0.4, -0.2) is 4.98 Å². The third-order valence-electron chi connectivity index (χ3n) is 2.26. The maximum absolute atomic E-state index is 13.4. The summed E-state index contributed by atoms with van der Waals surface area (Å²) < 4.78 is 39.0. The number of pyridine rings is 1. The van der Waals surface area contributed by atoms with Crippen LogP contribution in [0.4, 0.5) is 13.2 Å². The van der Waals surface area contributed by atoms with Crippen molar-refractivity contribution in [3.05, 3.63) is 53.6 Å². The van der Waals surface area contributed by atoms with Gasteiger partial charge >= 0.3 is 0 Å². The maximum Gasteiger partial charge on any atom is 0.215 e. The quantitative estimate of drug-likeness (QED) is 0.674. The lowest BCUT2D eigenvalue weighted by atomic mass is 10.1. The van der Waals surface area contributed by atoms with Gasteiger partial charge in [0.05, 0.1) is 0 Å². The molecule has 0 atom stereocenters. The molecule has 1 aromatic carbocycles. The minimum Gasteiger partial charge on any atom is -0.227 e. The number of benzene rings is 1. The van der Waals surface area contributed by atoms with Crippen molar-refractivity contribution in [3.63, 3.8) is 0 Å². The molecule has 4 heteroatoms. The van der Waals surface area contributed by atoms with Crippen LogP contribution in [-0.2, 0) is 0 Å². The first-order chi connectivity index (χ1) is 7.58. The summed E-state index contributed by atoms with van der Waals surface area (Å²) in [6, 6.07) is 4.71. The molecule has 2 aromatic rings. The molecule has 16 heavy (non-hydrogen) atoms. The normalized spacial score (nSPS) is 10.5. The first-order valence-corrected chi connectivity index (χ1v) is 4.65. The molecule has 0 radical (unpaired) electrons. The topological polar surface area (TPSA) is 12.9 Å². The van der Waals surface area contributed by atoms with E-state index in [0.717, 1.165) is 12.1 Å². The molecule has 0 unspecified atom stereocenters. The van der Waals surface area contributed by atoms with Gasteiger partial charge in [0.2, 0.25) is 5.95 Å². The van der Waals surface area contributed by atoms with E-state index in [9.17, 15) is 13.2 Å². The third-order valence-corrected chi connectivity index (χ3v) is 2.26. The van der Waals surface area contributed by atoms with E-state index in [0.29, 0.717) is 11.1 Å². The molecule has 1 nitrogen and oxygen atoms in total. The number of nitrogens with zero attached hydrogens (tertiary/aromatic N) is 1. The van der Waals surface area contributed by atoms with Gasteiger partial charge in [0, 0.05) is 29.0 Å². The third kappa shape index (κ3) is 1.91. The lowest BCUT2D eigenvalue weighted by molar-refractivity contribution is 0.573. The molecule has 0 amide bonds. The van der Waals surface area contributed by atoms with Gasteiger partial charge in [-0.15, -0.1) is 0 Å². The molecule has 1 aromatic heterocycles. The molecular weight excluding hydrogens is 215 g/mol. The van der Waals surface area contributed by atoms with E-state index in [-0.39, 0.29) is 5.56 Å². The van der Waals surface area contributed by atoms with Crippen LogP contribution in [0.5, 0.6) is 0 Å². The summed E-state index contributed by atoms with van der Waals surface area (Å²) in [4.78, 5) is 3.49. The molecule has 0 spiro atoms. The van der Waals surface area contributed by atoms with E-state index in [1.165, 1.54) is 25.3 Å². The fraction of sp³-hybridized carbons (Fsp3) is 0.0833. The van der Waals surface area contributed by atoms with Crippen LogP contribution in [0.15, 0.2) is 30.5 Å². The van der Waals surface area contributed by atoms with Crippen molar-refractivity contribution in [2.75, 3.05) is 0 Å². The van der Waals surface area contributed by atoms with Crippen molar-refractivity contribution in [2.24, 2.45) is 0 Å². The van der Waals surface area contributed by atoms with Gasteiger partial charge in [-0.25, -0.2) is 13.8 Å². The highest BCUT2D eigenvalue weighted by molar-refractivity contribution is 5.63. The molecule has 0 saturated heterocycles. The zero-order chi connectivity index (χ0) is 11.7. The molecule has 0 N–H and O–H groups in total. The summed E-state index contributed by atoms with van der Waals surface area (Å²) >= 11 is 0. The number of rotatable bonds is 1. The molecule has 1 heterocycles. The largest absolute Gasteiger partial charge is 0.227 e. The number of aromatic nitrogens is 1.